The summed E-state index contributed by atoms with van der Waals surface area (Å²) in [6.45, 7) is 1.16. The third-order valence-corrected chi connectivity index (χ3v) is 6.41. The Hall–Kier alpha value is -0.830. The minimum atomic E-state index is -3.51. The highest BCUT2D eigenvalue weighted by Crippen LogP contribution is 2.28. The predicted octanol–water partition coefficient (Wildman–Crippen LogP) is 1.47. The van der Waals surface area contributed by atoms with Crippen LogP contribution in [0.4, 0.5) is 4.79 Å². The fraction of sp³-hybridized carbons (Fsp3) is 0.500. The van der Waals surface area contributed by atoms with E-state index in [1.54, 1.807) is 6.07 Å². The lowest BCUT2D eigenvalue weighted by Crippen LogP contribution is -2.50. The van der Waals surface area contributed by atoms with Crippen molar-refractivity contribution in [1.82, 2.24) is 9.21 Å². The molecule has 19 heavy (non-hydrogen) atoms. The van der Waals surface area contributed by atoms with E-state index in [9.17, 15) is 13.2 Å². The van der Waals surface area contributed by atoms with Crippen molar-refractivity contribution in [3.63, 3.8) is 0 Å². The number of thiophene rings is 1. The summed E-state index contributed by atoms with van der Waals surface area (Å²) in [6.07, 6.45) is -0.434. The zero-order valence-electron chi connectivity index (χ0n) is 10.2. The molecular weight excluding hydrogens is 312 g/mol. The maximum absolute atomic E-state index is 12.3. The number of carbonyl (C=O) groups is 1. The quantitative estimate of drug-likeness (QED) is 0.826. The van der Waals surface area contributed by atoms with Gasteiger partial charge in [0.25, 0.3) is 10.0 Å². The topological polar surface area (TPSA) is 66.9 Å². The molecule has 0 atom stereocenters. The third-order valence-electron chi connectivity index (χ3n) is 2.81. The summed E-state index contributed by atoms with van der Waals surface area (Å²) in [7, 11) is -2.20. The van der Waals surface area contributed by atoms with Crippen LogP contribution in [0.3, 0.4) is 0 Å². The molecule has 0 unspecified atom stereocenters. The van der Waals surface area contributed by atoms with Crippen molar-refractivity contribution >= 4 is 39.1 Å². The Morgan fingerprint density at radius 2 is 1.95 bits per heavy atom. The molecule has 0 spiro atoms. The Bertz CT molecular complexity index is 564. The number of halogens is 1. The second-order valence-corrected chi connectivity index (χ2v) is 7.80. The fourth-order valence-electron chi connectivity index (χ4n) is 1.80. The van der Waals surface area contributed by atoms with E-state index in [-0.39, 0.29) is 17.3 Å². The Balaban J connectivity index is 2.07. The van der Waals surface area contributed by atoms with Crippen LogP contribution < -0.4 is 0 Å². The molecular formula is C10H13ClN2O4S2. The van der Waals surface area contributed by atoms with Gasteiger partial charge < -0.3 is 9.64 Å². The number of hydrogen-bond donors (Lipinski definition) is 0. The number of sulfonamides is 1. The van der Waals surface area contributed by atoms with Crippen molar-refractivity contribution in [2.45, 2.75) is 4.21 Å². The van der Waals surface area contributed by atoms with Crippen LogP contribution in [0.2, 0.25) is 4.34 Å². The van der Waals surface area contributed by atoms with Gasteiger partial charge in [-0.15, -0.1) is 11.3 Å². The second kappa shape index (κ2) is 5.66. The highest BCUT2D eigenvalue weighted by Gasteiger charge is 2.31. The fourth-order valence-corrected chi connectivity index (χ4v) is 4.86. The van der Waals surface area contributed by atoms with Crippen LogP contribution in [-0.2, 0) is 14.8 Å². The molecule has 1 aliphatic rings. The summed E-state index contributed by atoms with van der Waals surface area (Å²) >= 11 is 6.79. The van der Waals surface area contributed by atoms with Gasteiger partial charge in [-0.3, -0.25) is 0 Å². The molecule has 1 aromatic heterocycles. The molecule has 0 radical (unpaired) electrons. The van der Waals surface area contributed by atoms with Gasteiger partial charge in [-0.2, -0.15) is 4.31 Å². The van der Waals surface area contributed by atoms with E-state index in [4.69, 9.17) is 11.6 Å². The molecule has 0 aliphatic carbocycles. The minimum absolute atomic E-state index is 0.226. The van der Waals surface area contributed by atoms with Crippen LogP contribution in [-0.4, -0.2) is 57.0 Å². The smallest absolute Gasteiger partial charge is 0.409 e. The van der Waals surface area contributed by atoms with E-state index < -0.39 is 16.1 Å². The van der Waals surface area contributed by atoms with Crippen LogP contribution in [0.15, 0.2) is 16.3 Å². The summed E-state index contributed by atoms with van der Waals surface area (Å²) in [6, 6.07) is 3.05. The van der Waals surface area contributed by atoms with E-state index in [2.05, 4.69) is 4.74 Å². The monoisotopic (exact) mass is 324 g/mol. The van der Waals surface area contributed by atoms with Gasteiger partial charge in [0.05, 0.1) is 11.4 Å². The lowest BCUT2D eigenvalue weighted by molar-refractivity contribution is 0.108. The number of piperazine rings is 1. The predicted molar refractivity (Wildman–Crippen MR) is 72.1 cm³/mol. The van der Waals surface area contributed by atoms with Crippen molar-refractivity contribution in [3.05, 3.63) is 16.5 Å². The van der Waals surface area contributed by atoms with E-state index in [0.717, 1.165) is 11.3 Å². The number of carbonyl (C=O) groups excluding carboxylic acids is 1. The van der Waals surface area contributed by atoms with E-state index in [0.29, 0.717) is 17.4 Å². The highest BCUT2D eigenvalue weighted by molar-refractivity contribution is 7.91. The van der Waals surface area contributed by atoms with Crippen LogP contribution in [0, 0.1) is 0 Å². The van der Waals surface area contributed by atoms with Crippen LogP contribution in [0.5, 0.6) is 0 Å². The first-order valence-electron chi connectivity index (χ1n) is 5.53. The Morgan fingerprint density at radius 3 is 2.42 bits per heavy atom. The molecule has 1 amide bonds. The molecule has 1 fully saturated rings. The molecule has 2 rings (SSSR count). The zero-order chi connectivity index (χ0) is 14.0. The van der Waals surface area contributed by atoms with Crippen molar-refractivity contribution < 1.29 is 17.9 Å². The lowest BCUT2D eigenvalue weighted by Gasteiger charge is -2.32. The summed E-state index contributed by atoms with van der Waals surface area (Å²) in [5.74, 6) is 0. The molecule has 0 aromatic carbocycles. The molecule has 1 saturated heterocycles. The van der Waals surface area contributed by atoms with Crippen LogP contribution in [0.25, 0.3) is 0 Å². The number of nitrogens with zero attached hydrogens (tertiary/aromatic N) is 2. The summed E-state index contributed by atoms with van der Waals surface area (Å²) < 4.78 is 31.2. The second-order valence-electron chi connectivity index (χ2n) is 3.92. The first-order chi connectivity index (χ1) is 8.95. The molecule has 0 N–H and O–H groups in total. The number of ether oxygens (including phenoxy) is 1. The number of amides is 1. The maximum atomic E-state index is 12.3. The van der Waals surface area contributed by atoms with Gasteiger partial charge in [0, 0.05) is 26.2 Å². The zero-order valence-corrected chi connectivity index (χ0v) is 12.6. The van der Waals surface area contributed by atoms with Crippen molar-refractivity contribution in [1.29, 1.82) is 0 Å². The molecule has 9 heteroatoms. The Kier molecular flexibility index (Phi) is 4.34. The molecule has 1 aliphatic heterocycles. The Morgan fingerprint density at radius 1 is 1.32 bits per heavy atom. The van der Waals surface area contributed by atoms with Gasteiger partial charge in [0.1, 0.15) is 4.21 Å². The number of rotatable bonds is 2. The normalized spacial score (nSPS) is 17.5. The van der Waals surface area contributed by atoms with Crippen molar-refractivity contribution in [2.24, 2.45) is 0 Å². The van der Waals surface area contributed by atoms with E-state index in [1.165, 1.54) is 22.4 Å². The third kappa shape index (κ3) is 3.02. The van der Waals surface area contributed by atoms with Gasteiger partial charge in [0.15, 0.2) is 0 Å². The molecule has 0 saturated carbocycles. The first kappa shape index (κ1) is 14.6. The van der Waals surface area contributed by atoms with E-state index >= 15 is 0 Å². The maximum Gasteiger partial charge on any atom is 0.409 e. The molecule has 6 nitrogen and oxygen atoms in total. The first-order valence-corrected chi connectivity index (χ1v) is 8.17. The largest absolute Gasteiger partial charge is 0.453 e. The SMILES string of the molecule is COC(=O)N1CCN(S(=O)(=O)c2ccc(Cl)s2)CC1. The van der Waals surface area contributed by atoms with Crippen LogP contribution in [0.1, 0.15) is 0 Å². The summed E-state index contributed by atoms with van der Waals surface area (Å²) in [5.41, 5.74) is 0. The van der Waals surface area contributed by atoms with E-state index in [1.807, 2.05) is 0 Å². The molecule has 106 valence electrons. The Labute approximate surface area is 120 Å². The van der Waals surface area contributed by atoms with Crippen molar-refractivity contribution in [2.75, 3.05) is 33.3 Å². The molecule has 1 aromatic rings. The average Bonchev–Trinajstić information content (AvgIpc) is 2.85. The van der Waals surface area contributed by atoms with Gasteiger partial charge in [-0.05, 0) is 12.1 Å². The van der Waals surface area contributed by atoms with Gasteiger partial charge in [-0.1, -0.05) is 11.6 Å². The standard InChI is InChI=1S/C10H13ClN2O4S2/c1-17-10(14)12-4-6-13(7-5-12)19(15,16)9-3-2-8(11)18-9/h2-3H,4-7H2,1H3. The van der Waals surface area contributed by atoms with Gasteiger partial charge in [0.2, 0.25) is 0 Å². The summed E-state index contributed by atoms with van der Waals surface area (Å²) in [4.78, 5) is 12.8. The van der Waals surface area contributed by atoms with Gasteiger partial charge >= 0.3 is 6.09 Å². The lowest BCUT2D eigenvalue weighted by atomic mass is 10.4. The minimum Gasteiger partial charge on any atom is -0.453 e. The van der Waals surface area contributed by atoms with Crippen LogP contribution >= 0.6 is 22.9 Å². The molecule has 2 heterocycles. The highest BCUT2D eigenvalue weighted by atomic mass is 35.5. The van der Waals surface area contributed by atoms with Crippen molar-refractivity contribution in [3.8, 4) is 0 Å². The number of methoxy groups -OCH3 is 1. The van der Waals surface area contributed by atoms with Gasteiger partial charge in [-0.25, -0.2) is 13.2 Å². The molecule has 0 bridgehead atoms. The average molecular weight is 325 g/mol. The summed E-state index contributed by atoms with van der Waals surface area (Å²) in [5, 5.41) is 0. The number of hydrogen-bond acceptors (Lipinski definition) is 5.